The molecule has 9 nitrogen and oxygen atoms in total. The molecular formula is C33H32FI3N6O3. The maximum Gasteiger partial charge on any atom is 0.435 e. The van der Waals surface area contributed by atoms with Gasteiger partial charge in [0, 0.05) is 12.0 Å². The van der Waals surface area contributed by atoms with E-state index in [9.17, 15) is 9.59 Å². The van der Waals surface area contributed by atoms with Crippen LogP contribution in [0.15, 0.2) is 83.9 Å². The summed E-state index contributed by atoms with van der Waals surface area (Å²) in [5.41, 5.74) is 9.83. The number of ether oxygens (including phenoxy) is 1. The number of benzene rings is 3. The van der Waals surface area contributed by atoms with E-state index in [1.54, 1.807) is 49.4 Å². The SMILES string of the molecule is Cc1cc(C(=O)Nc2cc(C(NCC3CC3)c3ccccc3)ccc2F)n(-c2cccc(C(N)=NC(=O)OCCC(I)(I)I)c2)n1. The average Bonchev–Trinajstić information content (AvgIpc) is 3.76. The summed E-state index contributed by atoms with van der Waals surface area (Å²) < 4.78 is 21.7. The number of carbonyl (C=O) groups excluding carboxylic acids is 2. The zero-order chi connectivity index (χ0) is 32.8. The van der Waals surface area contributed by atoms with Gasteiger partial charge in [-0.2, -0.15) is 10.1 Å². The van der Waals surface area contributed by atoms with Gasteiger partial charge in [-0.15, -0.1) is 0 Å². The highest BCUT2D eigenvalue weighted by molar-refractivity contribution is 14.3. The Morgan fingerprint density at radius 2 is 1.83 bits per heavy atom. The minimum absolute atomic E-state index is 0.0337. The molecule has 1 unspecified atom stereocenters. The molecule has 13 heteroatoms. The van der Waals surface area contributed by atoms with Gasteiger partial charge in [-0.3, -0.25) is 4.79 Å². The van der Waals surface area contributed by atoms with Crippen LogP contribution in [0.2, 0.25) is 0 Å². The van der Waals surface area contributed by atoms with Crippen LogP contribution in [0, 0.1) is 18.7 Å². The van der Waals surface area contributed by atoms with Crippen LogP contribution in [0.1, 0.15) is 58.2 Å². The van der Waals surface area contributed by atoms with Gasteiger partial charge in [0.2, 0.25) is 0 Å². The second-order valence-corrected chi connectivity index (χ2v) is 22.7. The van der Waals surface area contributed by atoms with Crippen LogP contribution < -0.4 is 16.4 Å². The number of rotatable bonds is 12. The number of amides is 2. The lowest BCUT2D eigenvalue weighted by Crippen LogP contribution is -2.25. The minimum Gasteiger partial charge on any atom is -0.448 e. The first-order chi connectivity index (χ1) is 22.0. The number of aliphatic imine (C=N–C) groups is 1. The highest BCUT2D eigenvalue weighted by atomic mass is 127. The van der Waals surface area contributed by atoms with E-state index in [0.717, 1.165) is 17.7 Å². The fraction of sp³-hybridized carbons (Fsp3) is 0.273. The average molecular weight is 960 g/mol. The molecule has 240 valence electrons. The Balaban J connectivity index is 1.36. The molecule has 5 rings (SSSR count). The predicted molar refractivity (Wildman–Crippen MR) is 203 cm³/mol. The normalized spacial score (nSPS) is 14.2. The summed E-state index contributed by atoms with van der Waals surface area (Å²) in [5.74, 6) is -0.464. The fourth-order valence-corrected chi connectivity index (χ4v) is 5.45. The Bertz CT molecular complexity index is 1740. The standard InChI is InChI=1S/C33H32FI3N6O3/c1-20-16-28(43(42-20)25-9-5-8-24(17-25)30(38)41-32(45)46-15-14-33(35,36)37)31(44)40-27-18-23(12-13-26(27)34)29(39-19-21-10-11-21)22-6-3-2-4-7-22/h2-9,12-13,16-18,21,29,39H,10-11,14-15,19H2,1H3,(H,40,44)(H2,38,41,45). The van der Waals surface area contributed by atoms with E-state index in [1.165, 1.54) is 23.6 Å². The molecule has 1 aliphatic rings. The van der Waals surface area contributed by atoms with Gasteiger partial charge in [0.05, 0.1) is 29.7 Å². The molecule has 0 radical (unpaired) electrons. The number of nitrogens with zero attached hydrogens (tertiary/aromatic N) is 3. The van der Waals surface area contributed by atoms with E-state index in [1.807, 2.05) is 30.3 Å². The lowest BCUT2D eigenvalue weighted by molar-refractivity contribution is 0.101. The number of nitrogens with two attached hydrogens (primary N) is 1. The minimum atomic E-state index is -0.784. The molecule has 4 aromatic rings. The van der Waals surface area contributed by atoms with Crippen molar-refractivity contribution < 1.29 is 18.7 Å². The van der Waals surface area contributed by atoms with Crippen molar-refractivity contribution in [2.75, 3.05) is 18.5 Å². The van der Waals surface area contributed by atoms with Gasteiger partial charge in [-0.05, 0) is 73.7 Å². The van der Waals surface area contributed by atoms with Gasteiger partial charge >= 0.3 is 6.09 Å². The zero-order valence-electron chi connectivity index (χ0n) is 24.9. The number of aryl methyl sites for hydroxylation is 1. The van der Waals surface area contributed by atoms with Crippen LogP contribution >= 0.6 is 67.8 Å². The fourth-order valence-electron chi connectivity index (χ4n) is 4.79. The van der Waals surface area contributed by atoms with Gasteiger partial charge in [0.25, 0.3) is 5.91 Å². The molecule has 1 aliphatic carbocycles. The molecule has 4 N–H and O–H groups in total. The number of halogens is 4. The van der Waals surface area contributed by atoms with E-state index in [2.05, 4.69) is 88.5 Å². The number of hydrogen-bond donors (Lipinski definition) is 3. The summed E-state index contributed by atoms with van der Waals surface area (Å²) in [6.07, 6.45) is 2.28. The quantitative estimate of drug-likeness (QED) is 0.0576. The maximum atomic E-state index is 15.1. The third-order valence-electron chi connectivity index (χ3n) is 7.29. The smallest absolute Gasteiger partial charge is 0.435 e. The number of alkyl halides is 3. The van der Waals surface area contributed by atoms with Crippen molar-refractivity contribution in [3.05, 3.63) is 113 Å². The van der Waals surface area contributed by atoms with Crippen molar-refractivity contribution in [3.8, 4) is 5.69 Å². The molecule has 0 spiro atoms. The van der Waals surface area contributed by atoms with Crippen molar-refractivity contribution in [3.63, 3.8) is 0 Å². The van der Waals surface area contributed by atoms with Gasteiger partial charge in [-0.25, -0.2) is 13.9 Å². The van der Waals surface area contributed by atoms with Crippen molar-refractivity contribution in [1.82, 2.24) is 15.1 Å². The van der Waals surface area contributed by atoms with Crippen LogP contribution in [-0.4, -0.2) is 40.2 Å². The second kappa shape index (κ2) is 15.5. The summed E-state index contributed by atoms with van der Waals surface area (Å²) in [6, 6.07) is 23.1. The predicted octanol–water partition coefficient (Wildman–Crippen LogP) is 7.85. The molecule has 1 saturated carbocycles. The molecule has 1 fully saturated rings. The number of aromatic nitrogens is 2. The number of nitrogens with one attached hydrogen (secondary N) is 2. The lowest BCUT2D eigenvalue weighted by atomic mass is 9.97. The zero-order valence-corrected chi connectivity index (χ0v) is 31.3. The Morgan fingerprint density at radius 3 is 2.54 bits per heavy atom. The molecule has 1 heterocycles. The highest BCUT2D eigenvalue weighted by Crippen LogP contribution is 2.38. The van der Waals surface area contributed by atoms with Crippen LogP contribution in [0.5, 0.6) is 0 Å². The topological polar surface area (TPSA) is 124 Å². The first kappa shape index (κ1) is 34.7. The summed E-state index contributed by atoms with van der Waals surface area (Å²) in [7, 11) is 0. The Labute approximate surface area is 307 Å². The number of carbonyl (C=O) groups is 2. The number of anilines is 1. The van der Waals surface area contributed by atoms with Crippen LogP contribution in [0.3, 0.4) is 0 Å². The Morgan fingerprint density at radius 1 is 1.07 bits per heavy atom. The van der Waals surface area contributed by atoms with Crippen molar-refractivity contribution >= 4 is 91.3 Å². The van der Waals surface area contributed by atoms with Crippen LogP contribution in [-0.2, 0) is 4.74 Å². The summed E-state index contributed by atoms with van der Waals surface area (Å²) in [5, 5.41) is 10.9. The van der Waals surface area contributed by atoms with Gasteiger partial charge < -0.3 is 21.1 Å². The molecule has 1 aromatic heterocycles. The van der Waals surface area contributed by atoms with Crippen molar-refractivity contribution in [2.45, 2.75) is 31.7 Å². The maximum absolute atomic E-state index is 15.1. The van der Waals surface area contributed by atoms with E-state index in [0.29, 0.717) is 29.3 Å². The molecule has 0 saturated heterocycles. The van der Waals surface area contributed by atoms with Crippen LogP contribution in [0.4, 0.5) is 14.9 Å². The van der Waals surface area contributed by atoms with E-state index in [4.69, 9.17) is 10.5 Å². The monoisotopic (exact) mass is 960 g/mol. The summed E-state index contributed by atoms with van der Waals surface area (Å²) in [6.45, 7) is 2.84. The van der Waals surface area contributed by atoms with E-state index in [-0.39, 0.29) is 29.3 Å². The molecule has 1 atom stereocenters. The largest absolute Gasteiger partial charge is 0.448 e. The molecule has 0 aliphatic heterocycles. The molecule has 0 bridgehead atoms. The van der Waals surface area contributed by atoms with Gasteiger partial charge in [-0.1, -0.05) is 116 Å². The first-order valence-electron chi connectivity index (χ1n) is 14.6. The van der Waals surface area contributed by atoms with Crippen molar-refractivity contribution in [1.29, 1.82) is 0 Å². The van der Waals surface area contributed by atoms with Crippen LogP contribution in [0.25, 0.3) is 5.69 Å². The second-order valence-electron chi connectivity index (χ2n) is 11.0. The third kappa shape index (κ3) is 9.70. The third-order valence-corrected chi connectivity index (χ3v) is 8.90. The number of hydrogen-bond acceptors (Lipinski definition) is 5. The summed E-state index contributed by atoms with van der Waals surface area (Å²) >= 11 is 6.78. The van der Waals surface area contributed by atoms with Crippen molar-refractivity contribution in [2.24, 2.45) is 16.6 Å². The molecule has 46 heavy (non-hydrogen) atoms. The number of amidine groups is 1. The first-order valence-corrected chi connectivity index (χ1v) is 17.8. The van der Waals surface area contributed by atoms with Gasteiger partial charge in [0.1, 0.15) is 16.8 Å². The Hall–Kier alpha value is -2.64. The van der Waals surface area contributed by atoms with E-state index >= 15 is 4.39 Å². The summed E-state index contributed by atoms with van der Waals surface area (Å²) in [4.78, 5) is 29.7. The molecule has 3 aromatic carbocycles. The van der Waals surface area contributed by atoms with Gasteiger partial charge in [0.15, 0.2) is 0 Å². The highest BCUT2D eigenvalue weighted by Gasteiger charge is 2.25. The molecular weight excluding hydrogens is 928 g/mol. The lowest BCUT2D eigenvalue weighted by Gasteiger charge is -2.21. The van der Waals surface area contributed by atoms with E-state index < -0.39 is 17.8 Å². The Kier molecular flexibility index (Phi) is 11.7. The molecule has 2 amide bonds.